The van der Waals surface area contributed by atoms with E-state index in [0.29, 0.717) is 0 Å². The number of rotatable bonds is 2. The van der Waals surface area contributed by atoms with Crippen molar-refractivity contribution in [3.8, 4) is 6.07 Å². The molecule has 0 amide bonds. The molecule has 0 atom stereocenters. The zero-order valence-electron chi connectivity index (χ0n) is 9.70. The SMILES string of the molecule is Cc1ccc(Br)c2c(C#N)cc(CC3CC3)n12. The molecule has 0 bridgehead atoms. The van der Waals surface area contributed by atoms with Gasteiger partial charge in [0.05, 0.1) is 11.1 Å². The van der Waals surface area contributed by atoms with Crippen LogP contribution in [-0.2, 0) is 6.42 Å². The molecule has 2 aromatic heterocycles. The van der Waals surface area contributed by atoms with Gasteiger partial charge in [0.15, 0.2) is 0 Å². The van der Waals surface area contributed by atoms with E-state index in [0.717, 1.165) is 27.9 Å². The summed E-state index contributed by atoms with van der Waals surface area (Å²) in [6, 6.07) is 8.46. The van der Waals surface area contributed by atoms with Gasteiger partial charge >= 0.3 is 0 Å². The summed E-state index contributed by atoms with van der Waals surface area (Å²) in [5.74, 6) is 0.832. The zero-order valence-corrected chi connectivity index (χ0v) is 11.3. The molecule has 1 saturated carbocycles. The maximum Gasteiger partial charge on any atom is 0.101 e. The fraction of sp³-hybridized carbons (Fsp3) is 0.357. The Morgan fingerprint density at radius 2 is 2.24 bits per heavy atom. The van der Waals surface area contributed by atoms with Crippen molar-refractivity contribution < 1.29 is 0 Å². The summed E-state index contributed by atoms with van der Waals surface area (Å²) in [6.07, 6.45) is 3.77. The lowest BCUT2D eigenvalue weighted by molar-refractivity contribution is 0.788. The van der Waals surface area contributed by atoms with Gasteiger partial charge in [0.25, 0.3) is 0 Å². The third-order valence-corrected chi connectivity index (χ3v) is 4.08. The lowest BCUT2D eigenvalue weighted by Gasteiger charge is -2.07. The Labute approximate surface area is 109 Å². The minimum absolute atomic E-state index is 0.774. The number of fused-ring (bicyclic) bond motifs is 1. The zero-order chi connectivity index (χ0) is 12.0. The standard InChI is InChI=1S/C14H13BrN2/c1-9-2-5-13(15)14-11(8-16)7-12(17(9)14)6-10-3-4-10/h2,5,7,10H,3-4,6H2,1H3. The van der Waals surface area contributed by atoms with Gasteiger partial charge in [-0.25, -0.2) is 0 Å². The van der Waals surface area contributed by atoms with E-state index in [1.165, 1.54) is 24.2 Å². The molecule has 0 saturated heterocycles. The Balaban J connectivity index is 2.28. The van der Waals surface area contributed by atoms with Gasteiger partial charge in [-0.15, -0.1) is 0 Å². The van der Waals surface area contributed by atoms with Crippen LogP contribution >= 0.6 is 15.9 Å². The fourth-order valence-electron chi connectivity index (χ4n) is 2.40. The molecule has 1 aliphatic rings. The largest absolute Gasteiger partial charge is 0.316 e. The Bertz CT molecular complexity index is 630. The molecule has 0 spiro atoms. The van der Waals surface area contributed by atoms with E-state index in [9.17, 15) is 5.26 Å². The van der Waals surface area contributed by atoms with Gasteiger partial charge in [-0.2, -0.15) is 5.26 Å². The van der Waals surface area contributed by atoms with Gasteiger partial charge in [-0.05, 0) is 66.2 Å². The Morgan fingerprint density at radius 1 is 1.47 bits per heavy atom. The van der Waals surface area contributed by atoms with Crippen LogP contribution in [0.3, 0.4) is 0 Å². The topological polar surface area (TPSA) is 28.2 Å². The molecule has 1 fully saturated rings. The van der Waals surface area contributed by atoms with Crippen LogP contribution in [0.4, 0.5) is 0 Å². The van der Waals surface area contributed by atoms with Gasteiger partial charge in [0, 0.05) is 15.9 Å². The van der Waals surface area contributed by atoms with E-state index in [4.69, 9.17) is 0 Å². The average molecular weight is 289 g/mol. The third-order valence-electron chi connectivity index (χ3n) is 3.44. The molecular formula is C14H13BrN2. The van der Waals surface area contributed by atoms with Gasteiger partial charge in [0.1, 0.15) is 6.07 Å². The summed E-state index contributed by atoms with van der Waals surface area (Å²) in [7, 11) is 0. The number of pyridine rings is 1. The predicted octanol–water partition coefficient (Wildman–Crippen LogP) is 3.83. The highest BCUT2D eigenvalue weighted by Gasteiger charge is 2.24. The molecule has 0 radical (unpaired) electrons. The van der Waals surface area contributed by atoms with E-state index in [1.54, 1.807) is 0 Å². The molecule has 0 aliphatic heterocycles. The van der Waals surface area contributed by atoms with Crippen molar-refractivity contribution in [3.63, 3.8) is 0 Å². The molecule has 2 nitrogen and oxygen atoms in total. The molecule has 0 unspecified atom stereocenters. The number of halogens is 1. The first-order chi connectivity index (χ1) is 8.20. The summed E-state index contributed by atoms with van der Waals surface area (Å²) < 4.78 is 3.22. The van der Waals surface area contributed by atoms with E-state index in [-0.39, 0.29) is 0 Å². The second-order valence-electron chi connectivity index (χ2n) is 4.82. The second kappa shape index (κ2) is 3.89. The van der Waals surface area contributed by atoms with E-state index < -0.39 is 0 Å². The van der Waals surface area contributed by atoms with Crippen molar-refractivity contribution in [2.75, 3.05) is 0 Å². The van der Waals surface area contributed by atoms with Crippen LogP contribution in [0.15, 0.2) is 22.7 Å². The Morgan fingerprint density at radius 3 is 2.88 bits per heavy atom. The van der Waals surface area contributed by atoms with E-state index in [2.05, 4.69) is 39.4 Å². The minimum atomic E-state index is 0.774. The quantitative estimate of drug-likeness (QED) is 0.825. The first kappa shape index (κ1) is 10.9. The van der Waals surface area contributed by atoms with Gasteiger partial charge in [-0.1, -0.05) is 0 Å². The maximum atomic E-state index is 9.23. The summed E-state index contributed by atoms with van der Waals surface area (Å²) in [4.78, 5) is 0. The number of aromatic nitrogens is 1. The molecule has 2 heterocycles. The number of nitrogens with zero attached hydrogens (tertiary/aromatic N) is 2. The van der Waals surface area contributed by atoms with Crippen LogP contribution in [-0.4, -0.2) is 4.40 Å². The molecule has 2 aromatic rings. The van der Waals surface area contributed by atoms with Crippen LogP contribution in [0.2, 0.25) is 0 Å². The lowest BCUT2D eigenvalue weighted by atomic mass is 10.2. The highest BCUT2D eigenvalue weighted by molar-refractivity contribution is 9.10. The molecule has 1 aliphatic carbocycles. The smallest absolute Gasteiger partial charge is 0.101 e. The van der Waals surface area contributed by atoms with E-state index >= 15 is 0 Å². The maximum absolute atomic E-state index is 9.23. The molecule has 0 aromatic carbocycles. The second-order valence-corrected chi connectivity index (χ2v) is 5.67. The molecule has 0 N–H and O–H groups in total. The van der Waals surface area contributed by atoms with E-state index in [1.807, 2.05) is 12.1 Å². The molecular weight excluding hydrogens is 276 g/mol. The van der Waals surface area contributed by atoms with Crippen LogP contribution in [0.5, 0.6) is 0 Å². The van der Waals surface area contributed by atoms with Gasteiger partial charge < -0.3 is 4.40 Å². The van der Waals surface area contributed by atoms with Crippen molar-refractivity contribution in [3.05, 3.63) is 39.6 Å². The van der Waals surface area contributed by atoms with Crippen LogP contribution in [0.25, 0.3) is 5.52 Å². The third kappa shape index (κ3) is 1.77. The predicted molar refractivity (Wildman–Crippen MR) is 71.0 cm³/mol. The number of nitriles is 1. The van der Waals surface area contributed by atoms with Crippen molar-refractivity contribution >= 4 is 21.4 Å². The summed E-state index contributed by atoms with van der Waals surface area (Å²) in [6.45, 7) is 2.09. The van der Waals surface area contributed by atoms with Gasteiger partial charge in [0.2, 0.25) is 0 Å². The van der Waals surface area contributed by atoms with Gasteiger partial charge in [-0.3, -0.25) is 0 Å². The number of hydrogen-bond donors (Lipinski definition) is 0. The van der Waals surface area contributed by atoms with Crippen molar-refractivity contribution in [1.82, 2.24) is 4.40 Å². The Kier molecular flexibility index (Phi) is 2.48. The normalized spacial score (nSPS) is 15.1. The Hall–Kier alpha value is -1.27. The highest BCUT2D eigenvalue weighted by atomic mass is 79.9. The highest BCUT2D eigenvalue weighted by Crippen LogP contribution is 2.35. The van der Waals surface area contributed by atoms with Crippen molar-refractivity contribution in [2.24, 2.45) is 5.92 Å². The van der Waals surface area contributed by atoms with Crippen molar-refractivity contribution in [1.29, 1.82) is 5.26 Å². The van der Waals surface area contributed by atoms with Crippen LogP contribution in [0, 0.1) is 24.2 Å². The number of hydrogen-bond acceptors (Lipinski definition) is 1. The first-order valence-electron chi connectivity index (χ1n) is 5.90. The molecule has 3 rings (SSSR count). The van der Waals surface area contributed by atoms with Crippen LogP contribution in [0.1, 0.15) is 29.8 Å². The first-order valence-corrected chi connectivity index (χ1v) is 6.69. The van der Waals surface area contributed by atoms with Crippen LogP contribution < -0.4 is 0 Å². The number of aryl methyl sites for hydroxylation is 1. The monoisotopic (exact) mass is 288 g/mol. The minimum Gasteiger partial charge on any atom is -0.316 e. The molecule has 86 valence electrons. The average Bonchev–Trinajstić information content (AvgIpc) is 3.04. The summed E-state index contributed by atoms with van der Waals surface area (Å²) in [5, 5.41) is 9.23. The van der Waals surface area contributed by atoms with Crippen molar-refractivity contribution in [2.45, 2.75) is 26.2 Å². The lowest BCUT2D eigenvalue weighted by Crippen LogP contribution is -1.98. The molecule has 17 heavy (non-hydrogen) atoms. The molecule has 3 heteroatoms. The fourth-order valence-corrected chi connectivity index (χ4v) is 2.93. The summed E-state index contributed by atoms with van der Waals surface area (Å²) in [5.41, 5.74) is 4.26. The summed E-state index contributed by atoms with van der Waals surface area (Å²) >= 11 is 3.55.